The minimum Gasteiger partial charge on any atom is -0.481 e. The van der Waals surface area contributed by atoms with E-state index in [0.29, 0.717) is 25.3 Å². The van der Waals surface area contributed by atoms with Crippen LogP contribution in [0.15, 0.2) is 0 Å². The largest absolute Gasteiger partial charge is 0.481 e. The molecule has 0 radical (unpaired) electrons. The van der Waals surface area contributed by atoms with Crippen LogP contribution < -0.4 is 5.32 Å². The Balaban J connectivity index is 2.56. The number of aryl methyl sites for hydroxylation is 2. The maximum absolute atomic E-state index is 12.0. The highest BCUT2D eigenvalue weighted by Gasteiger charge is 2.17. The normalized spacial score (nSPS) is 12.5. The van der Waals surface area contributed by atoms with Crippen LogP contribution in [0.2, 0.25) is 0 Å². The molecule has 1 amide bonds. The van der Waals surface area contributed by atoms with Crippen molar-refractivity contribution < 1.29 is 14.7 Å². The lowest BCUT2D eigenvalue weighted by Crippen LogP contribution is -2.37. The van der Waals surface area contributed by atoms with Gasteiger partial charge < -0.3 is 10.4 Å². The van der Waals surface area contributed by atoms with E-state index in [1.807, 2.05) is 39.3 Å². The summed E-state index contributed by atoms with van der Waals surface area (Å²) in [6.07, 6.45) is 0.926. The van der Waals surface area contributed by atoms with E-state index in [4.69, 9.17) is 5.11 Å². The standard InChI is InChI=1S/C16H27N3O3/c1-10(2)8-14(9-16(21)22)17-15(20)6-7-19-13(5)11(3)12(4)18-19/h10,14H,6-9H2,1-5H3,(H,17,20)(H,21,22)/t14-/m0/s1. The van der Waals surface area contributed by atoms with Crippen molar-refractivity contribution in [1.29, 1.82) is 0 Å². The second-order valence-electron chi connectivity index (χ2n) is 6.26. The van der Waals surface area contributed by atoms with Crippen LogP contribution in [0.5, 0.6) is 0 Å². The summed E-state index contributed by atoms with van der Waals surface area (Å²) in [4.78, 5) is 22.9. The molecule has 0 bridgehead atoms. The highest BCUT2D eigenvalue weighted by Crippen LogP contribution is 2.12. The van der Waals surface area contributed by atoms with Crippen LogP contribution in [0.3, 0.4) is 0 Å². The molecule has 0 fully saturated rings. The van der Waals surface area contributed by atoms with Gasteiger partial charge >= 0.3 is 5.97 Å². The lowest BCUT2D eigenvalue weighted by atomic mass is 10.0. The zero-order chi connectivity index (χ0) is 16.9. The van der Waals surface area contributed by atoms with E-state index in [9.17, 15) is 9.59 Å². The lowest BCUT2D eigenvalue weighted by molar-refractivity contribution is -0.137. The summed E-state index contributed by atoms with van der Waals surface area (Å²) in [7, 11) is 0. The molecule has 0 aliphatic heterocycles. The Morgan fingerprint density at radius 2 is 1.91 bits per heavy atom. The van der Waals surface area contributed by atoms with E-state index in [1.165, 1.54) is 0 Å². The van der Waals surface area contributed by atoms with Crippen molar-refractivity contribution in [2.75, 3.05) is 0 Å². The molecule has 0 saturated heterocycles. The van der Waals surface area contributed by atoms with Gasteiger partial charge in [-0.15, -0.1) is 0 Å². The number of amides is 1. The lowest BCUT2D eigenvalue weighted by Gasteiger charge is -2.19. The van der Waals surface area contributed by atoms with Gasteiger partial charge in [0, 0.05) is 24.7 Å². The first-order valence-corrected chi connectivity index (χ1v) is 7.72. The van der Waals surface area contributed by atoms with Gasteiger partial charge in [0.1, 0.15) is 0 Å². The van der Waals surface area contributed by atoms with E-state index in [1.54, 1.807) is 0 Å². The van der Waals surface area contributed by atoms with E-state index in [-0.39, 0.29) is 18.4 Å². The second-order valence-corrected chi connectivity index (χ2v) is 6.26. The van der Waals surface area contributed by atoms with Gasteiger partial charge in [0.25, 0.3) is 0 Å². The summed E-state index contributed by atoms with van der Waals surface area (Å²) in [6.45, 7) is 10.5. The van der Waals surface area contributed by atoms with E-state index in [2.05, 4.69) is 10.4 Å². The highest BCUT2D eigenvalue weighted by atomic mass is 16.4. The molecular weight excluding hydrogens is 282 g/mol. The predicted molar refractivity (Wildman–Crippen MR) is 84.7 cm³/mol. The fourth-order valence-corrected chi connectivity index (χ4v) is 2.48. The number of carbonyl (C=O) groups excluding carboxylic acids is 1. The number of carboxylic acid groups (broad SMARTS) is 1. The van der Waals surface area contributed by atoms with Crippen LogP contribution in [0.4, 0.5) is 0 Å². The van der Waals surface area contributed by atoms with E-state index >= 15 is 0 Å². The van der Waals surface area contributed by atoms with Crippen molar-refractivity contribution in [3.63, 3.8) is 0 Å². The number of carbonyl (C=O) groups is 2. The summed E-state index contributed by atoms with van der Waals surface area (Å²) in [6, 6.07) is -0.313. The van der Waals surface area contributed by atoms with E-state index in [0.717, 1.165) is 17.0 Å². The first-order valence-electron chi connectivity index (χ1n) is 7.72. The molecule has 0 aromatic carbocycles. The van der Waals surface area contributed by atoms with Crippen LogP contribution >= 0.6 is 0 Å². The van der Waals surface area contributed by atoms with Crippen LogP contribution in [-0.2, 0) is 16.1 Å². The molecular formula is C16H27N3O3. The molecule has 1 atom stereocenters. The molecule has 0 saturated carbocycles. The number of hydrogen-bond acceptors (Lipinski definition) is 3. The Labute approximate surface area is 131 Å². The van der Waals surface area contributed by atoms with Gasteiger partial charge in [0.15, 0.2) is 0 Å². The Morgan fingerprint density at radius 1 is 1.27 bits per heavy atom. The average molecular weight is 309 g/mol. The molecule has 6 nitrogen and oxygen atoms in total. The number of hydrogen-bond donors (Lipinski definition) is 2. The summed E-state index contributed by atoms with van der Waals surface area (Å²) < 4.78 is 1.83. The quantitative estimate of drug-likeness (QED) is 0.771. The molecule has 1 aromatic heterocycles. The van der Waals surface area contributed by atoms with Crippen molar-refractivity contribution in [3.05, 3.63) is 17.0 Å². The number of carboxylic acids is 1. The molecule has 22 heavy (non-hydrogen) atoms. The fraction of sp³-hybridized carbons (Fsp3) is 0.688. The molecule has 6 heteroatoms. The van der Waals surface area contributed by atoms with Gasteiger partial charge in [0.2, 0.25) is 5.91 Å². The minimum atomic E-state index is -0.889. The van der Waals surface area contributed by atoms with Crippen LogP contribution in [0.1, 0.15) is 50.1 Å². The number of aliphatic carboxylic acids is 1. The van der Waals surface area contributed by atoms with Gasteiger partial charge in [-0.1, -0.05) is 13.8 Å². The van der Waals surface area contributed by atoms with Crippen LogP contribution in [0.25, 0.3) is 0 Å². The zero-order valence-corrected chi connectivity index (χ0v) is 14.1. The monoisotopic (exact) mass is 309 g/mol. The van der Waals surface area contributed by atoms with Crippen LogP contribution in [0, 0.1) is 26.7 Å². The Kier molecular flexibility index (Phi) is 6.59. The zero-order valence-electron chi connectivity index (χ0n) is 14.1. The first-order chi connectivity index (χ1) is 10.2. The molecule has 1 aromatic rings. The maximum Gasteiger partial charge on any atom is 0.305 e. The Hall–Kier alpha value is -1.85. The molecule has 2 N–H and O–H groups in total. The maximum atomic E-state index is 12.0. The summed E-state index contributed by atoms with van der Waals surface area (Å²) in [5.74, 6) is -0.680. The van der Waals surface area contributed by atoms with E-state index < -0.39 is 5.97 Å². The van der Waals surface area contributed by atoms with Crippen molar-refractivity contribution >= 4 is 11.9 Å². The minimum absolute atomic E-state index is 0.0388. The van der Waals surface area contributed by atoms with Gasteiger partial charge in [-0.2, -0.15) is 5.10 Å². The molecule has 0 aliphatic carbocycles. The Morgan fingerprint density at radius 3 is 2.36 bits per heavy atom. The fourth-order valence-electron chi connectivity index (χ4n) is 2.48. The first kappa shape index (κ1) is 18.2. The smallest absolute Gasteiger partial charge is 0.305 e. The second kappa shape index (κ2) is 7.96. The van der Waals surface area contributed by atoms with Gasteiger partial charge in [-0.25, -0.2) is 0 Å². The van der Waals surface area contributed by atoms with Crippen LogP contribution in [-0.4, -0.2) is 32.8 Å². The van der Waals surface area contributed by atoms with Crippen molar-refractivity contribution in [2.45, 2.75) is 66.5 Å². The third-order valence-corrected chi connectivity index (χ3v) is 3.84. The van der Waals surface area contributed by atoms with Gasteiger partial charge in [-0.05, 0) is 38.7 Å². The molecule has 1 heterocycles. The number of aromatic nitrogens is 2. The summed E-state index contributed by atoms with van der Waals surface area (Å²) in [5, 5.41) is 16.2. The molecule has 0 unspecified atom stereocenters. The predicted octanol–water partition coefficient (Wildman–Crippen LogP) is 2.20. The number of nitrogens with zero attached hydrogens (tertiary/aromatic N) is 2. The number of nitrogens with one attached hydrogen (secondary N) is 1. The molecule has 124 valence electrons. The van der Waals surface area contributed by atoms with Gasteiger partial charge in [-0.3, -0.25) is 14.3 Å². The SMILES string of the molecule is Cc1nn(CCC(=O)N[C@H](CC(=O)O)CC(C)C)c(C)c1C. The average Bonchev–Trinajstić information content (AvgIpc) is 2.62. The Bertz CT molecular complexity index is 535. The van der Waals surface area contributed by atoms with Crippen molar-refractivity contribution in [3.8, 4) is 0 Å². The third-order valence-electron chi connectivity index (χ3n) is 3.84. The van der Waals surface area contributed by atoms with Crippen molar-refractivity contribution in [2.24, 2.45) is 5.92 Å². The highest BCUT2D eigenvalue weighted by molar-refractivity contribution is 5.77. The third kappa shape index (κ3) is 5.50. The molecule has 1 rings (SSSR count). The summed E-state index contributed by atoms with van der Waals surface area (Å²) in [5.41, 5.74) is 3.18. The topological polar surface area (TPSA) is 84.2 Å². The molecule has 0 spiro atoms. The number of rotatable bonds is 8. The van der Waals surface area contributed by atoms with Gasteiger partial charge in [0.05, 0.1) is 12.1 Å². The molecule has 0 aliphatic rings. The van der Waals surface area contributed by atoms with Crippen molar-refractivity contribution in [1.82, 2.24) is 15.1 Å². The summed E-state index contributed by atoms with van der Waals surface area (Å²) >= 11 is 0.